The first-order valence-corrected chi connectivity index (χ1v) is 5.50. The van der Waals surface area contributed by atoms with Crippen molar-refractivity contribution in [3.05, 3.63) is 0 Å². The molecule has 0 unspecified atom stereocenters. The number of hydrogen-bond acceptors (Lipinski definition) is 1. The molecule has 0 saturated heterocycles. The lowest BCUT2D eigenvalue weighted by molar-refractivity contribution is -0.124. The smallest absolute Gasteiger partial charge is 0.236 e. The fourth-order valence-corrected chi connectivity index (χ4v) is 1.24. The zero-order chi connectivity index (χ0) is 10.7. The van der Waals surface area contributed by atoms with Crippen LogP contribution in [0.5, 0.6) is 0 Å². The van der Waals surface area contributed by atoms with Crippen LogP contribution in [0.1, 0.15) is 47.5 Å². The number of carbonyl (C=O) groups excluding carboxylic acids is 1. The van der Waals surface area contributed by atoms with Gasteiger partial charge in [0.1, 0.15) is 0 Å². The first kappa shape index (κ1) is 12.9. The normalized spacial score (nSPS) is 12.8. The molecular weight excluding hydrogens is 230 g/mol. The zero-order valence-electron chi connectivity index (χ0n) is 9.20. The number of alkyl halides is 1. The Labute approximate surface area is 89.6 Å². The third kappa shape index (κ3) is 5.29. The van der Waals surface area contributed by atoms with Crippen molar-refractivity contribution >= 4 is 21.8 Å². The van der Waals surface area contributed by atoms with Gasteiger partial charge in [0.25, 0.3) is 0 Å². The maximum atomic E-state index is 11.6. The second-order valence-corrected chi connectivity index (χ2v) is 6.54. The summed E-state index contributed by atoms with van der Waals surface area (Å²) in [5, 5.41) is 3.01. The third-order valence-corrected chi connectivity index (χ3v) is 2.23. The average Bonchev–Trinajstić information content (AvgIpc) is 1.83. The molecule has 0 aliphatic rings. The third-order valence-electron chi connectivity index (χ3n) is 1.87. The number of nitrogens with one attached hydrogen (secondary N) is 1. The molecule has 0 saturated carbocycles. The van der Waals surface area contributed by atoms with Crippen LogP contribution >= 0.6 is 15.9 Å². The lowest BCUT2D eigenvalue weighted by atomic mass is 9.98. The Morgan fingerprint density at radius 1 is 1.31 bits per heavy atom. The van der Waals surface area contributed by atoms with Gasteiger partial charge in [-0.3, -0.25) is 4.79 Å². The molecule has 0 aromatic carbocycles. The van der Waals surface area contributed by atoms with Crippen LogP contribution in [0.25, 0.3) is 0 Å². The molecule has 0 atom stereocenters. The summed E-state index contributed by atoms with van der Waals surface area (Å²) in [5.74, 6) is 0.0472. The Hall–Kier alpha value is -0.0500. The van der Waals surface area contributed by atoms with Crippen LogP contribution in [0.4, 0.5) is 0 Å². The predicted molar refractivity (Wildman–Crippen MR) is 60.1 cm³/mol. The van der Waals surface area contributed by atoms with E-state index < -0.39 is 4.32 Å². The lowest BCUT2D eigenvalue weighted by Gasteiger charge is -2.29. The highest BCUT2D eigenvalue weighted by molar-refractivity contribution is 9.10. The highest BCUT2D eigenvalue weighted by Crippen LogP contribution is 2.19. The van der Waals surface area contributed by atoms with Crippen molar-refractivity contribution in [1.29, 1.82) is 0 Å². The molecule has 3 heteroatoms. The fourth-order valence-electron chi connectivity index (χ4n) is 1.14. The van der Waals surface area contributed by atoms with Crippen molar-refractivity contribution in [3.63, 3.8) is 0 Å². The van der Waals surface area contributed by atoms with Crippen LogP contribution in [0.3, 0.4) is 0 Å². The summed E-state index contributed by atoms with van der Waals surface area (Å²) in [6.45, 7) is 9.92. The molecule has 0 radical (unpaired) electrons. The van der Waals surface area contributed by atoms with E-state index in [2.05, 4.69) is 28.2 Å². The van der Waals surface area contributed by atoms with Gasteiger partial charge in [0.05, 0.1) is 4.32 Å². The minimum atomic E-state index is -0.474. The van der Waals surface area contributed by atoms with E-state index in [0.29, 0.717) is 0 Å². The highest BCUT2D eigenvalue weighted by Gasteiger charge is 2.28. The van der Waals surface area contributed by atoms with Gasteiger partial charge in [-0.25, -0.2) is 0 Å². The van der Waals surface area contributed by atoms with E-state index in [1.165, 1.54) is 0 Å². The molecule has 13 heavy (non-hydrogen) atoms. The van der Waals surface area contributed by atoms with Crippen LogP contribution < -0.4 is 5.32 Å². The molecule has 0 aromatic heterocycles. The number of amides is 1. The molecule has 0 spiro atoms. The van der Waals surface area contributed by atoms with Gasteiger partial charge in [0, 0.05) is 5.54 Å². The first-order chi connectivity index (χ1) is 5.69. The Morgan fingerprint density at radius 2 is 1.77 bits per heavy atom. The highest BCUT2D eigenvalue weighted by atomic mass is 79.9. The molecule has 0 bridgehead atoms. The second-order valence-electron chi connectivity index (χ2n) is 4.56. The summed E-state index contributed by atoms with van der Waals surface area (Å²) in [7, 11) is 0. The summed E-state index contributed by atoms with van der Waals surface area (Å²) in [4.78, 5) is 11.6. The van der Waals surface area contributed by atoms with E-state index in [0.717, 1.165) is 12.8 Å². The van der Waals surface area contributed by atoms with Crippen molar-refractivity contribution in [2.24, 2.45) is 0 Å². The lowest BCUT2D eigenvalue weighted by Crippen LogP contribution is -2.49. The second kappa shape index (κ2) is 4.45. The monoisotopic (exact) mass is 249 g/mol. The van der Waals surface area contributed by atoms with Crippen LogP contribution in [0, 0.1) is 0 Å². The predicted octanol–water partition coefficient (Wildman–Crippen LogP) is 2.85. The molecule has 0 heterocycles. The Kier molecular flexibility index (Phi) is 4.43. The quantitative estimate of drug-likeness (QED) is 0.764. The standard InChI is InChI=1S/C10H20BrNO/c1-6-7-9(2,3)12-8(13)10(4,5)11/h6-7H2,1-5H3,(H,12,13). The van der Waals surface area contributed by atoms with Gasteiger partial charge in [-0.2, -0.15) is 0 Å². The van der Waals surface area contributed by atoms with Crippen LogP contribution in [-0.2, 0) is 4.79 Å². The molecular formula is C10H20BrNO. The topological polar surface area (TPSA) is 29.1 Å². The summed E-state index contributed by atoms with van der Waals surface area (Å²) < 4.78 is -0.474. The number of hydrogen-bond donors (Lipinski definition) is 1. The summed E-state index contributed by atoms with van der Waals surface area (Å²) in [6.07, 6.45) is 2.08. The van der Waals surface area contributed by atoms with E-state index in [4.69, 9.17) is 0 Å². The number of carbonyl (C=O) groups is 1. The van der Waals surface area contributed by atoms with Gasteiger partial charge in [-0.05, 0) is 34.1 Å². The van der Waals surface area contributed by atoms with Crippen molar-refractivity contribution in [3.8, 4) is 0 Å². The number of halogens is 1. The Bertz CT molecular complexity index is 182. The molecule has 0 aromatic rings. The first-order valence-electron chi connectivity index (χ1n) is 4.70. The minimum Gasteiger partial charge on any atom is -0.350 e. The molecule has 1 amide bonds. The molecule has 0 aliphatic carbocycles. The molecule has 78 valence electrons. The van der Waals surface area contributed by atoms with Crippen molar-refractivity contribution in [2.75, 3.05) is 0 Å². The summed E-state index contributed by atoms with van der Waals surface area (Å²) >= 11 is 3.34. The maximum absolute atomic E-state index is 11.6. The van der Waals surface area contributed by atoms with E-state index in [9.17, 15) is 4.79 Å². The van der Waals surface area contributed by atoms with Gasteiger partial charge >= 0.3 is 0 Å². The van der Waals surface area contributed by atoms with Crippen LogP contribution in [0.2, 0.25) is 0 Å². The van der Waals surface area contributed by atoms with Gasteiger partial charge in [0.2, 0.25) is 5.91 Å². The van der Waals surface area contributed by atoms with E-state index in [1.807, 2.05) is 27.7 Å². The molecule has 0 fully saturated rings. The molecule has 0 rings (SSSR count). The van der Waals surface area contributed by atoms with E-state index in [1.54, 1.807) is 0 Å². The zero-order valence-corrected chi connectivity index (χ0v) is 10.8. The summed E-state index contributed by atoms with van der Waals surface area (Å²) in [5.41, 5.74) is -0.100. The number of rotatable bonds is 4. The average molecular weight is 250 g/mol. The van der Waals surface area contributed by atoms with Gasteiger partial charge in [-0.15, -0.1) is 0 Å². The van der Waals surface area contributed by atoms with Crippen LogP contribution in [0.15, 0.2) is 0 Å². The van der Waals surface area contributed by atoms with Gasteiger partial charge < -0.3 is 5.32 Å². The van der Waals surface area contributed by atoms with E-state index in [-0.39, 0.29) is 11.4 Å². The molecule has 1 N–H and O–H groups in total. The molecule has 0 aliphatic heterocycles. The van der Waals surface area contributed by atoms with Crippen molar-refractivity contribution in [2.45, 2.75) is 57.3 Å². The minimum absolute atomic E-state index is 0.0472. The van der Waals surface area contributed by atoms with Crippen LogP contribution in [-0.4, -0.2) is 15.8 Å². The summed E-state index contributed by atoms with van der Waals surface area (Å²) in [6, 6.07) is 0. The Morgan fingerprint density at radius 3 is 2.08 bits per heavy atom. The van der Waals surface area contributed by atoms with Crippen molar-refractivity contribution in [1.82, 2.24) is 5.32 Å². The molecule has 2 nitrogen and oxygen atoms in total. The van der Waals surface area contributed by atoms with E-state index >= 15 is 0 Å². The maximum Gasteiger partial charge on any atom is 0.236 e. The van der Waals surface area contributed by atoms with Gasteiger partial charge in [0.15, 0.2) is 0 Å². The SMILES string of the molecule is CCCC(C)(C)NC(=O)C(C)(C)Br. The van der Waals surface area contributed by atoms with Crippen molar-refractivity contribution < 1.29 is 4.79 Å². The largest absolute Gasteiger partial charge is 0.350 e. The van der Waals surface area contributed by atoms with Gasteiger partial charge in [-0.1, -0.05) is 29.3 Å². The fraction of sp³-hybridized carbons (Fsp3) is 0.900. The Balaban J connectivity index is 4.20.